The fourth-order valence-electron chi connectivity index (χ4n) is 2.74. The van der Waals surface area contributed by atoms with E-state index in [4.69, 9.17) is 9.15 Å². The van der Waals surface area contributed by atoms with Crippen LogP contribution in [0, 0.1) is 0 Å². The molecule has 4 rings (SSSR count). The van der Waals surface area contributed by atoms with Crippen molar-refractivity contribution in [3.8, 4) is 34.1 Å². The molecule has 0 aliphatic heterocycles. The second-order valence-corrected chi connectivity index (χ2v) is 5.28. The first-order chi connectivity index (χ1) is 11.8. The number of aromatic hydroxyl groups is 1. The van der Waals surface area contributed by atoms with Crippen molar-refractivity contribution in [1.29, 1.82) is 0 Å². The zero-order valence-corrected chi connectivity index (χ0v) is 12.9. The number of ether oxygens (including phenoxy) is 1. The maximum Gasteiger partial charge on any atom is 0.234 e. The highest BCUT2D eigenvalue weighted by molar-refractivity contribution is 6.02. The number of rotatable bonds is 3. The molecule has 0 amide bonds. The second-order valence-electron chi connectivity index (χ2n) is 5.28. The third-order valence-electron chi connectivity index (χ3n) is 3.88. The van der Waals surface area contributed by atoms with Gasteiger partial charge in [-0.2, -0.15) is 0 Å². The Bertz CT molecular complexity index is 992. The van der Waals surface area contributed by atoms with Crippen LogP contribution in [0.15, 0.2) is 65.3 Å². The zero-order valence-electron chi connectivity index (χ0n) is 12.9. The summed E-state index contributed by atoms with van der Waals surface area (Å²) in [6, 6.07) is 17.3. The van der Waals surface area contributed by atoms with Gasteiger partial charge in [0.05, 0.1) is 7.11 Å². The Morgan fingerprint density at radius 3 is 2.38 bits per heavy atom. The molecule has 0 atom stereocenters. The van der Waals surface area contributed by atoms with E-state index in [0.717, 1.165) is 22.4 Å². The van der Waals surface area contributed by atoms with E-state index in [1.165, 1.54) is 6.33 Å². The molecular formula is C19H14N2O3. The van der Waals surface area contributed by atoms with E-state index in [-0.39, 0.29) is 5.88 Å². The van der Waals surface area contributed by atoms with Crippen LogP contribution in [0.4, 0.5) is 0 Å². The molecule has 0 aliphatic rings. The number of fused-ring (bicyclic) bond motifs is 1. The summed E-state index contributed by atoms with van der Waals surface area (Å²) in [5.41, 5.74) is 2.92. The monoisotopic (exact) mass is 318 g/mol. The summed E-state index contributed by atoms with van der Waals surface area (Å²) in [6.07, 6.45) is 1.29. The molecule has 1 N–H and O–H groups in total. The van der Waals surface area contributed by atoms with Crippen molar-refractivity contribution in [1.82, 2.24) is 9.97 Å². The minimum absolute atomic E-state index is 0.0950. The molecule has 2 heterocycles. The Morgan fingerprint density at radius 1 is 0.917 bits per heavy atom. The molecule has 0 fully saturated rings. The maximum atomic E-state index is 10.2. The van der Waals surface area contributed by atoms with Crippen molar-refractivity contribution in [3.63, 3.8) is 0 Å². The standard InChI is InChI=1S/C19H14N2O3/c1-23-14-9-7-13(8-10-14)17-15(12-5-3-2-4-6-12)16-18(22)20-11-21-19(16)24-17/h2-11H,1H3,(H,20,21,22). The summed E-state index contributed by atoms with van der Waals surface area (Å²) in [7, 11) is 1.62. The summed E-state index contributed by atoms with van der Waals surface area (Å²) in [5.74, 6) is 1.30. The molecule has 0 spiro atoms. The molecule has 0 bridgehead atoms. The third kappa shape index (κ3) is 2.27. The summed E-state index contributed by atoms with van der Waals surface area (Å²) in [5, 5.41) is 10.7. The summed E-state index contributed by atoms with van der Waals surface area (Å²) < 4.78 is 11.1. The van der Waals surface area contributed by atoms with Gasteiger partial charge in [0.25, 0.3) is 0 Å². The minimum atomic E-state index is -0.0950. The Hall–Kier alpha value is -3.34. The van der Waals surface area contributed by atoms with E-state index < -0.39 is 0 Å². The molecule has 5 nitrogen and oxygen atoms in total. The lowest BCUT2D eigenvalue weighted by atomic mass is 9.99. The lowest BCUT2D eigenvalue weighted by Gasteiger charge is -2.05. The van der Waals surface area contributed by atoms with Crippen LogP contribution in [-0.4, -0.2) is 22.2 Å². The van der Waals surface area contributed by atoms with Crippen LogP contribution in [0.5, 0.6) is 11.6 Å². The van der Waals surface area contributed by atoms with Gasteiger partial charge in [0.1, 0.15) is 23.2 Å². The lowest BCUT2D eigenvalue weighted by Crippen LogP contribution is -1.84. The fourth-order valence-corrected chi connectivity index (χ4v) is 2.74. The maximum absolute atomic E-state index is 10.2. The van der Waals surface area contributed by atoms with Gasteiger partial charge in [-0.1, -0.05) is 30.3 Å². The average molecular weight is 318 g/mol. The van der Waals surface area contributed by atoms with Crippen LogP contribution in [0.25, 0.3) is 33.6 Å². The number of furan rings is 1. The largest absolute Gasteiger partial charge is 0.497 e. The average Bonchev–Trinajstić information content (AvgIpc) is 3.03. The molecule has 0 aliphatic carbocycles. The van der Waals surface area contributed by atoms with Crippen LogP contribution in [0.2, 0.25) is 0 Å². The number of hydrogen-bond donors (Lipinski definition) is 1. The zero-order chi connectivity index (χ0) is 16.5. The van der Waals surface area contributed by atoms with E-state index in [2.05, 4.69) is 9.97 Å². The van der Waals surface area contributed by atoms with Crippen molar-refractivity contribution >= 4 is 11.1 Å². The molecule has 4 aromatic rings. The van der Waals surface area contributed by atoms with Gasteiger partial charge in [-0.3, -0.25) is 0 Å². The number of nitrogens with zero attached hydrogens (tertiary/aromatic N) is 2. The molecule has 0 saturated carbocycles. The SMILES string of the molecule is COc1ccc(-c2oc3ncnc(O)c3c2-c2ccccc2)cc1. The van der Waals surface area contributed by atoms with Gasteiger partial charge in [-0.25, -0.2) is 9.97 Å². The van der Waals surface area contributed by atoms with Crippen LogP contribution in [0.3, 0.4) is 0 Å². The molecule has 5 heteroatoms. The van der Waals surface area contributed by atoms with Crippen LogP contribution < -0.4 is 4.74 Å². The second kappa shape index (κ2) is 5.70. The van der Waals surface area contributed by atoms with Gasteiger partial charge < -0.3 is 14.3 Å². The lowest BCUT2D eigenvalue weighted by molar-refractivity contribution is 0.415. The minimum Gasteiger partial charge on any atom is -0.497 e. The Balaban J connectivity index is 2.02. The van der Waals surface area contributed by atoms with E-state index in [9.17, 15) is 5.11 Å². The van der Waals surface area contributed by atoms with Gasteiger partial charge in [-0.15, -0.1) is 0 Å². The quantitative estimate of drug-likeness (QED) is 0.611. The first-order valence-electron chi connectivity index (χ1n) is 7.44. The topological polar surface area (TPSA) is 68.4 Å². The molecule has 0 unspecified atom stereocenters. The van der Waals surface area contributed by atoms with Gasteiger partial charge in [0.2, 0.25) is 11.6 Å². The Morgan fingerprint density at radius 2 is 1.67 bits per heavy atom. The number of hydrogen-bond acceptors (Lipinski definition) is 5. The fraction of sp³-hybridized carbons (Fsp3) is 0.0526. The predicted octanol–water partition coefficient (Wildman–Crippen LogP) is 4.27. The molecular weight excluding hydrogens is 304 g/mol. The third-order valence-corrected chi connectivity index (χ3v) is 3.88. The van der Waals surface area contributed by atoms with Gasteiger partial charge in [0, 0.05) is 11.1 Å². The van der Waals surface area contributed by atoms with Crippen molar-refractivity contribution in [2.75, 3.05) is 7.11 Å². The molecule has 2 aromatic carbocycles. The van der Waals surface area contributed by atoms with Gasteiger partial charge in [0.15, 0.2) is 0 Å². The summed E-state index contributed by atoms with van der Waals surface area (Å²) in [4.78, 5) is 8.04. The van der Waals surface area contributed by atoms with Crippen molar-refractivity contribution in [2.24, 2.45) is 0 Å². The highest BCUT2D eigenvalue weighted by atomic mass is 16.5. The number of methoxy groups -OCH3 is 1. The van der Waals surface area contributed by atoms with Crippen molar-refractivity contribution in [2.45, 2.75) is 0 Å². The van der Waals surface area contributed by atoms with E-state index in [1.54, 1.807) is 7.11 Å². The molecule has 2 aromatic heterocycles. The molecule has 0 radical (unpaired) electrons. The first kappa shape index (κ1) is 14.3. The highest BCUT2D eigenvalue weighted by Crippen LogP contribution is 2.42. The van der Waals surface area contributed by atoms with Crippen LogP contribution >= 0.6 is 0 Å². The van der Waals surface area contributed by atoms with E-state index in [1.807, 2.05) is 54.6 Å². The van der Waals surface area contributed by atoms with Crippen LogP contribution in [-0.2, 0) is 0 Å². The Kier molecular flexibility index (Phi) is 3.39. The smallest absolute Gasteiger partial charge is 0.234 e. The van der Waals surface area contributed by atoms with E-state index in [0.29, 0.717) is 16.9 Å². The van der Waals surface area contributed by atoms with Crippen molar-refractivity contribution < 1.29 is 14.3 Å². The normalized spacial score (nSPS) is 10.9. The van der Waals surface area contributed by atoms with E-state index >= 15 is 0 Å². The molecule has 0 saturated heterocycles. The number of aromatic nitrogens is 2. The molecule has 118 valence electrons. The molecule has 24 heavy (non-hydrogen) atoms. The summed E-state index contributed by atoms with van der Waals surface area (Å²) in [6.45, 7) is 0. The first-order valence-corrected chi connectivity index (χ1v) is 7.44. The number of benzene rings is 2. The predicted molar refractivity (Wildman–Crippen MR) is 90.9 cm³/mol. The Labute approximate surface area is 138 Å². The van der Waals surface area contributed by atoms with Gasteiger partial charge in [-0.05, 0) is 29.8 Å². The van der Waals surface area contributed by atoms with Gasteiger partial charge >= 0.3 is 0 Å². The summed E-state index contributed by atoms with van der Waals surface area (Å²) >= 11 is 0. The highest BCUT2D eigenvalue weighted by Gasteiger charge is 2.21. The van der Waals surface area contributed by atoms with Crippen LogP contribution in [0.1, 0.15) is 0 Å². The van der Waals surface area contributed by atoms with Crippen molar-refractivity contribution in [3.05, 3.63) is 60.9 Å².